The van der Waals surface area contributed by atoms with E-state index in [1.165, 1.54) is 0 Å². The quantitative estimate of drug-likeness (QED) is 0.788. The van der Waals surface area contributed by atoms with Gasteiger partial charge in [-0.05, 0) is 32.4 Å². The van der Waals surface area contributed by atoms with Crippen molar-refractivity contribution in [3.63, 3.8) is 0 Å². The fourth-order valence-electron chi connectivity index (χ4n) is 2.51. The Bertz CT molecular complexity index is 814. The standard InChI is InChI=1S/C18H16O4/c1-9-4-6-12(7-5-9)8-13-17(21)14-16(20)10(2)15(19)11(3)18(14)22-13/h4-8,19-20H,1-3H3. The molecular weight excluding hydrogens is 280 g/mol. The lowest BCUT2D eigenvalue weighted by Gasteiger charge is -2.09. The lowest BCUT2D eigenvalue weighted by atomic mass is 10.00. The molecule has 2 aromatic carbocycles. The Labute approximate surface area is 128 Å². The second kappa shape index (κ2) is 4.91. The molecule has 0 fully saturated rings. The first-order chi connectivity index (χ1) is 10.4. The maximum absolute atomic E-state index is 12.5. The van der Waals surface area contributed by atoms with Gasteiger partial charge < -0.3 is 14.9 Å². The van der Waals surface area contributed by atoms with Gasteiger partial charge in [-0.15, -0.1) is 0 Å². The normalized spacial score (nSPS) is 15.0. The van der Waals surface area contributed by atoms with Crippen LogP contribution in [-0.4, -0.2) is 16.0 Å². The number of phenols is 2. The molecule has 4 nitrogen and oxygen atoms in total. The summed E-state index contributed by atoms with van der Waals surface area (Å²) in [5.74, 6) is -0.290. The van der Waals surface area contributed by atoms with Crippen molar-refractivity contribution in [3.8, 4) is 17.2 Å². The van der Waals surface area contributed by atoms with Gasteiger partial charge in [-0.25, -0.2) is 0 Å². The van der Waals surface area contributed by atoms with Crippen molar-refractivity contribution < 1.29 is 19.7 Å². The number of ketones is 1. The van der Waals surface area contributed by atoms with Gasteiger partial charge in [0.25, 0.3) is 0 Å². The van der Waals surface area contributed by atoms with E-state index in [0.29, 0.717) is 5.56 Å². The van der Waals surface area contributed by atoms with Crippen LogP contribution >= 0.6 is 0 Å². The van der Waals surface area contributed by atoms with Gasteiger partial charge in [-0.3, -0.25) is 4.79 Å². The number of rotatable bonds is 1. The highest BCUT2D eigenvalue weighted by Crippen LogP contribution is 2.46. The molecule has 2 aromatic rings. The average Bonchev–Trinajstić information content (AvgIpc) is 2.82. The summed E-state index contributed by atoms with van der Waals surface area (Å²) >= 11 is 0. The van der Waals surface area contributed by atoms with E-state index < -0.39 is 0 Å². The Morgan fingerprint density at radius 1 is 0.955 bits per heavy atom. The highest BCUT2D eigenvalue weighted by molar-refractivity contribution is 6.16. The molecule has 3 rings (SSSR count). The van der Waals surface area contributed by atoms with Gasteiger partial charge in [0.2, 0.25) is 5.78 Å². The van der Waals surface area contributed by atoms with E-state index in [4.69, 9.17) is 4.74 Å². The minimum Gasteiger partial charge on any atom is -0.507 e. The van der Waals surface area contributed by atoms with Crippen LogP contribution in [0.1, 0.15) is 32.6 Å². The van der Waals surface area contributed by atoms with Gasteiger partial charge in [-0.2, -0.15) is 0 Å². The molecule has 2 N–H and O–H groups in total. The van der Waals surface area contributed by atoms with Gasteiger partial charge in [-0.1, -0.05) is 29.8 Å². The number of Topliss-reactive ketones (excluding diaryl/α,β-unsaturated/α-hetero) is 1. The molecule has 1 aliphatic rings. The maximum Gasteiger partial charge on any atom is 0.235 e. The van der Waals surface area contributed by atoms with Crippen molar-refractivity contribution in [1.29, 1.82) is 0 Å². The minimum atomic E-state index is -0.376. The van der Waals surface area contributed by atoms with Crippen LogP contribution in [0.15, 0.2) is 30.0 Å². The molecule has 112 valence electrons. The van der Waals surface area contributed by atoms with Crippen LogP contribution in [0.5, 0.6) is 17.2 Å². The Morgan fingerprint density at radius 3 is 2.23 bits per heavy atom. The molecule has 22 heavy (non-hydrogen) atoms. The summed E-state index contributed by atoms with van der Waals surface area (Å²) in [5.41, 5.74) is 2.81. The fraction of sp³-hybridized carbons (Fsp3) is 0.167. The number of carbonyl (C=O) groups excluding carboxylic acids is 1. The first kappa shape index (κ1) is 14.2. The molecule has 0 atom stereocenters. The highest BCUT2D eigenvalue weighted by atomic mass is 16.5. The summed E-state index contributed by atoms with van der Waals surface area (Å²) in [6.07, 6.45) is 1.63. The van der Waals surface area contributed by atoms with Crippen LogP contribution in [0, 0.1) is 20.8 Å². The van der Waals surface area contributed by atoms with Crippen molar-refractivity contribution >= 4 is 11.9 Å². The van der Waals surface area contributed by atoms with Crippen LogP contribution < -0.4 is 4.74 Å². The largest absolute Gasteiger partial charge is 0.507 e. The summed E-state index contributed by atoms with van der Waals surface area (Å²) < 4.78 is 5.59. The molecule has 0 spiro atoms. The number of allylic oxidation sites excluding steroid dienone is 1. The van der Waals surface area contributed by atoms with E-state index in [9.17, 15) is 15.0 Å². The summed E-state index contributed by atoms with van der Waals surface area (Å²) in [6.45, 7) is 5.20. The Balaban J connectivity index is 2.10. The Hall–Kier alpha value is -2.75. The molecule has 4 heteroatoms. The van der Waals surface area contributed by atoms with Crippen LogP contribution in [0.2, 0.25) is 0 Å². The number of hydrogen-bond donors (Lipinski definition) is 2. The van der Waals surface area contributed by atoms with Crippen molar-refractivity contribution in [3.05, 3.63) is 57.8 Å². The molecule has 0 unspecified atom stereocenters. The predicted molar refractivity (Wildman–Crippen MR) is 83.4 cm³/mol. The first-order valence-electron chi connectivity index (χ1n) is 6.96. The molecule has 0 aromatic heterocycles. The van der Waals surface area contributed by atoms with E-state index in [2.05, 4.69) is 0 Å². The third-order valence-electron chi connectivity index (χ3n) is 3.91. The Morgan fingerprint density at radius 2 is 1.59 bits per heavy atom. The number of hydrogen-bond acceptors (Lipinski definition) is 4. The first-order valence-corrected chi connectivity index (χ1v) is 6.96. The van der Waals surface area contributed by atoms with Crippen LogP contribution in [0.4, 0.5) is 0 Å². The number of carbonyl (C=O) groups is 1. The monoisotopic (exact) mass is 296 g/mol. The molecule has 0 radical (unpaired) electrons. The van der Waals surface area contributed by atoms with E-state index in [1.807, 2.05) is 31.2 Å². The summed E-state index contributed by atoms with van der Waals surface area (Å²) in [5, 5.41) is 20.1. The van der Waals surface area contributed by atoms with Crippen LogP contribution in [0.3, 0.4) is 0 Å². The predicted octanol–water partition coefficient (Wildman–Crippen LogP) is 3.64. The van der Waals surface area contributed by atoms with Gasteiger partial charge >= 0.3 is 0 Å². The van der Waals surface area contributed by atoms with E-state index in [1.54, 1.807) is 19.9 Å². The van der Waals surface area contributed by atoms with Crippen LogP contribution in [0.25, 0.3) is 6.08 Å². The van der Waals surface area contributed by atoms with E-state index >= 15 is 0 Å². The third kappa shape index (κ3) is 2.04. The zero-order valence-electron chi connectivity index (χ0n) is 12.6. The van der Waals surface area contributed by atoms with Gasteiger partial charge in [0.1, 0.15) is 22.8 Å². The van der Waals surface area contributed by atoms with Crippen molar-refractivity contribution in [2.45, 2.75) is 20.8 Å². The van der Waals surface area contributed by atoms with Gasteiger partial charge in [0.05, 0.1) is 0 Å². The molecule has 0 aliphatic carbocycles. The lowest BCUT2D eigenvalue weighted by molar-refractivity contribution is 0.101. The third-order valence-corrected chi connectivity index (χ3v) is 3.91. The summed E-state index contributed by atoms with van der Waals surface area (Å²) in [7, 11) is 0. The molecule has 0 bridgehead atoms. The van der Waals surface area contributed by atoms with E-state index in [0.717, 1.165) is 11.1 Å². The number of benzene rings is 2. The smallest absolute Gasteiger partial charge is 0.235 e. The highest BCUT2D eigenvalue weighted by Gasteiger charge is 2.34. The number of phenolic OH excluding ortho intramolecular Hbond substituents is 2. The molecule has 1 heterocycles. The SMILES string of the molecule is Cc1ccc(C=C2Oc3c(C)c(O)c(C)c(O)c3C2=O)cc1. The number of aromatic hydroxyl groups is 2. The number of fused-ring (bicyclic) bond motifs is 1. The summed E-state index contributed by atoms with van der Waals surface area (Å²) in [6, 6.07) is 7.66. The minimum absolute atomic E-state index is 0.0550. The molecule has 0 saturated heterocycles. The number of ether oxygens (including phenoxy) is 1. The average molecular weight is 296 g/mol. The fourth-order valence-corrected chi connectivity index (χ4v) is 2.51. The molecule has 0 amide bonds. The topological polar surface area (TPSA) is 66.8 Å². The molecular formula is C18H16O4. The van der Waals surface area contributed by atoms with Crippen molar-refractivity contribution in [2.75, 3.05) is 0 Å². The zero-order valence-corrected chi connectivity index (χ0v) is 12.6. The van der Waals surface area contributed by atoms with E-state index in [-0.39, 0.29) is 39.9 Å². The van der Waals surface area contributed by atoms with Gasteiger partial charge in [0, 0.05) is 11.1 Å². The summed E-state index contributed by atoms with van der Waals surface area (Å²) in [4.78, 5) is 12.5. The van der Waals surface area contributed by atoms with Crippen molar-refractivity contribution in [1.82, 2.24) is 0 Å². The van der Waals surface area contributed by atoms with Gasteiger partial charge in [0.15, 0.2) is 5.76 Å². The number of aryl methyl sites for hydroxylation is 1. The lowest BCUT2D eigenvalue weighted by Crippen LogP contribution is -1.98. The molecule has 0 saturated carbocycles. The zero-order chi connectivity index (χ0) is 16.0. The molecule has 1 aliphatic heterocycles. The second-order valence-electron chi connectivity index (χ2n) is 5.50. The van der Waals surface area contributed by atoms with Crippen LogP contribution in [-0.2, 0) is 0 Å². The van der Waals surface area contributed by atoms with Crippen molar-refractivity contribution in [2.24, 2.45) is 0 Å². The maximum atomic E-state index is 12.5. The second-order valence-corrected chi connectivity index (χ2v) is 5.50. The Kier molecular flexibility index (Phi) is 3.17.